The molecule has 0 saturated heterocycles. The number of hydrogen-bond acceptors (Lipinski definition) is 6. The predicted molar refractivity (Wildman–Crippen MR) is 134 cm³/mol. The van der Waals surface area contributed by atoms with Crippen molar-refractivity contribution in [3.05, 3.63) is 77.7 Å². The first-order valence-electron chi connectivity index (χ1n) is 10.6. The van der Waals surface area contributed by atoms with Gasteiger partial charge < -0.3 is 9.88 Å². The number of fused-ring (bicyclic) bond motifs is 1. The zero-order valence-electron chi connectivity index (χ0n) is 18.8. The van der Waals surface area contributed by atoms with E-state index >= 15 is 0 Å². The number of nitrogens with two attached hydrogens (primary N) is 1. The summed E-state index contributed by atoms with van der Waals surface area (Å²) in [5, 5.41) is 9.21. The van der Waals surface area contributed by atoms with Gasteiger partial charge in [-0.1, -0.05) is 44.2 Å². The molecule has 0 unspecified atom stereocenters. The van der Waals surface area contributed by atoms with Crippen molar-refractivity contribution in [3.8, 4) is 0 Å². The van der Waals surface area contributed by atoms with Gasteiger partial charge in [0, 0.05) is 36.4 Å². The Morgan fingerprint density at radius 1 is 1.06 bits per heavy atom. The largest absolute Gasteiger partial charge is 0.364 e. The molecule has 0 aliphatic rings. The van der Waals surface area contributed by atoms with Crippen molar-refractivity contribution in [2.24, 2.45) is 12.2 Å². The van der Waals surface area contributed by atoms with Crippen LogP contribution in [-0.4, -0.2) is 28.2 Å². The van der Waals surface area contributed by atoms with Gasteiger partial charge in [-0.15, -0.1) is 11.8 Å². The summed E-state index contributed by atoms with van der Waals surface area (Å²) < 4.78 is 25.0. The van der Waals surface area contributed by atoms with Crippen molar-refractivity contribution in [1.82, 2.24) is 14.5 Å². The zero-order chi connectivity index (χ0) is 23.6. The van der Waals surface area contributed by atoms with Crippen LogP contribution < -0.4 is 10.5 Å². The van der Waals surface area contributed by atoms with Gasteiger partial charge in [0.1, 0.15) is 11.3 Å². The van der Waals surface area contributed by atoms with Gasteiger partial charge in [0.2, 0.25) is 10.0 Å². The molecular formula is C24H27N5O2S2. The lowest BCUT2D eigenvalue weighted by atomic mass is 10.1. The molecule has 4 rings (SSSR count). The highest BCUT2D eigenvalue weighted by molar-refractivity contribution is 8.00. The molecule has 172 valence electrons. The molecule has 2 aromatic carbocycles. The van der Waals surface area contributed by atoms with Crippen LogP contribution in [-0.2, 0) is 30.0 Å². The molecule has 0 aliphatic carbocycles. The molecule has 0 bridgehead atoms. The Morgan fingerprint density at radius 3 is 2.48 bits per heavy atom. The van der Waals surface area contributed by atoms with Gasteiger partial charge in [0.25, 0.3) is 0 Å². The molecule has 0 spiro atoms. The maximum absolute atomic E-state index is 11.5. The average molecular weight is 482 g/mol. The Bertz CT molecular complexity index is 1380. The molecule has 0 aliphatic heterocycles. The standard InChI is InChI=1S/C24H27N5O2S2/c1-16(2)32-21-7-5-4-6-18(21)15-26-24-23-20(12-13-29(23)3)27-22(28-24)14-17-8-10-19(11-9-17)33(25,30)31/h4-13,16H,14-15H2,1-3H3,(H2,25,30,31)(H,26,27,28). The second-order valence-electron chi connectivity index (χ2n) is 8.14. The molecule has 3 N–H and O–H groups in total. The third-order valence-corrected chi connectivity index (χ3v) is 7.21. The lowest BCUT2D eigenvalue weighted by molar-refractivity contribution is 0.598. The molecule has 4 aromatic rings. The van der Waals surface area contributed by atoms with E-state index in [4.69, 9.17) is 15.1 Å². The van der Waals surface area contributed by atoms with Crippen molar-refractivity contribution < 1.29 is 8.42 Å². The molecule has 0 fully saturated rings. The van der Waals surface area contributed by atoms with Gasteiger partial charge in [0.15, 0.2) is 5.82 Å². The van der Waals surface area contributed by atoms with E-state index in [9.17, 15) is 8.42 Å². The van der Waals surface area contributed by atoms with E-state index in [2.05, 4.69) is 43.4 Å². The maximum atomic E-state index is 11.5. The molecular weight excluding hydrogens is 454 g/mol. The van der Waals surface area contributed by atoms with E-state index in [0.29, 0.717) is 24.0 Å². The summed E-state index contributed by atoms with van der Waals surface area (Å²) in [5.74, 6) is 1.43. The summed E-state index contributed by atoms with van der Waals surface area (Å²) in [6.45, 7) is 5.03. The number of aryl methyl sites for hydroxylation is 1. The van der Waals surface area contributed by atoms with Crippen LogP contribution in [0.4, 0.5) is 5.82 Å². The first-order chi connectivity index (χ1) is 15.7. The Labute approximate surface area is 198 Å². The minimum atomic E-state index is -3.72. The molecule has 0 saturated carbocycles. The van der Waals surface area contributed by atoms with E-state index in [1.54, 1.807) is 12.1 Å². The highest BCUT2D eigenvalue weighted by Crippen LogP contribution is 2.28. The Morgan fingerprint density at radius 2 is 1.79 bits per heavy atom. The van der Waals surface area contributed by atoms with E-state index in [-0.39, 0.29) is 4.90 Å². The molecule has 33 heavy (non-hydrogen) atoms. The fourth-order valence-corrected chi connectivity index (χ4v) is 5.09. The third-order valence-electron chi connectivity index (χ3n) is 5.16. The van der Waals surface area contributed by atoms with Crippen molar-refractivity contribution >= 4 is 38.6 Å². The van der Waals surface area contributed by atoms with Gasteiger partial charge in [0.05, 0.1) is 10.4 Å². The minimum Gasteiger partial charge on any atom is -0.364 e. The Kier molecular flexibility index (Phi) is 6.73. The molecule has 2 heterocycles. The highest BCUT2D eigenvalue weighted by atomic mass is 32.2. The number of anilines is 1. The number of sulfonamides is 1. The monoisotopic (exact) mass is 481 g/mol. The first-order valence-corrected chi connectivity index (χ1v) is 13.1. The van der Waals surface area contributed by atoms with E-state index in [0.717, 1.165) is 22.4 Å². The molecule has 2 aromatic heterocycles. The van der Waals surface area contributed by atoms with E-state index in [1.807, 2.05) is 35.6 Å². The fraction of sp³-hybridized carbons (Fsp3) is 0.250. The van der Waals surface area contributed by atoms with Gasteiger partial charge >= 0.3 is 0 Å². The Balaban J connectivity index is 1.62. The van der Waals surface area contributed by atoms with Crippen molar-refractivity contribution in [3.63, 3.8) is 0 Å². The van der Waals surface area contributed by atoms with Crippen LogP contribution in [0.3, 0.4) is 0 Å². The number of rotatable bonds is 8. The summed E-state index contributed by atoms with van der Waals surface area (Å²) in [6.07, 6.45) is 2.45. The van der Waals surface area contributed by atoms with Crippen LogP contribution in [0.5, 0.6) is 0 Å². The smallest absolute Gasteiger partial charge is 0.238 e. The summed E-state index contributed by atoms with van der Waals surface area (Å²) >= 11 is 1.85. The number of aromatic nitrogens is 3. The Hall–Kier alpha value is -2.88. The lowest BCUT2D eigenvalue weighted by Gasteiger charge is -2.14. The first kappa shape index (κ1) is 23.3. The molecule has 7 nitrogen and oxygen atoms in total. The van der Waals surface area contributed by atoms with Gasteiger partial charge in [-0.25, -0.2) is 23.5 Å². The van der Waals surface area contributed by atoms with Crippen molar-refractivity contribution in [1.29, 1.82) is 0 Å². The molecule has 0 amide bonds. The van der Waals surface area contributed by atoms with Crippen LogP contribution in [0.1, 0.15) is 30.8 Å². The van der Waals surface area contributed by atoms with Crippen LogP contribution in [0, 0.1) is 0 Å². The van der Waals surface area contributed by atoms with Gasteiger partial charge in [-0.2, -0.15) is 0 Å². The molecule has 0 atom stereocenters. The van der Waals surface area contributed by atoms with Crippen LogP contribution in [0.25, 0.3) is 11.0 Å². The number of hydrogen-bond donors (Lipinski definition) is 2. The summed E-state index contributed by atoms with van der Waals surface area (Å²) in [7, 11) is -1.74. The highest BCUT2D eigenvalue weighted by Gasteiger charge is 2.13. The number of primary sulfonamides is 1. The number of benzene rings is 2. The second-order valence-corrected chi connectivity index (χ2v) is 11.3. The summed E-state index contributed by atoms with van der Waals surface area (Å²) in [5.41, 5.74) is 3.92. The van der Waals surface area contributed by atoms with Gasteiger partial charge in [-0.3, -0.25) is 0 Å². The quantitative estimate of drug-likeness (QED) is 0.363. The number of nitrogens with one attached hydrogen (secondary N) is 1. The zero-order valence-corrected chi connectivity index (χ0v) is 20.5. The summed E-state index contributed by atoms with van der Waals surface area (Å²) in [6, 6.07) is 16.9. The SMILES string of the molecule is CC(C)Sc1ccccc1CNc1nc(Cc2ccc(S(N)(=O)=O)cc2)nc2ccn(C)c12. The number of nitrogens with zero attached hydrogens (tertiary/aromatic N) is 3. The van der Waals surface area contributed by atoms with Crippen LogP contribution in [0.2, 0.25) is 0 Å². The average Bonchev–Trinajstić information content (AvgIpc) is 3.13. The molecule has 9 heteroatoms. The fourth-order valence-electron chi connectivity index (χ4n) is 3.62. The van der Waals surface area contributed by atoms with Crippen LogP contribution >= 0.6 is 11.8 Å². The van der Waals surface area contributed by atoms with Crippen molar-refractivity contribution in [2.75, 3.05) is 5.32 Å². The van der Waals surface area contributed by atoms with E-state index in [1.165, 1.54) is 22.6 Å². The topological polar surface area (TPSA) is 103 Å². The maximum Gasteiger partial charge on any atom is 0.238 e. The summed E-state index contributed by atoms with van der Waals surface area (Å²) in [4.78, 5) is 10.9. The third kappa shape index (κ3) is 5.55. The van der Waals surface area contributed by atoms with Crippen molar-refractivity contribution in [2.45, 2.75) is 41.9 Å². The number of thioether (sulfide) groups is 1. The van der Waals surface area contributed by atoms with Gasteiger partial charge in [-0.05, 0) is 35.4 Å². The van der Waals surface area contributed by atoms with E-state index < -0.39 is 10.0 Å². The minimum absolute atomic E-state index is 0.0889. The lowest BCUT2D eigenvalue weighted by Crippen LogP contribution is -2.12. The van der Waals surface area contributed by atoms with Crippen LogP contribution in [0.15, 0.2) is 70.6 Å². The predicted octanol–water partition coefficient (Wildman–Crippen LogP) is 4.32. The second kappa shape index (κ2) is 9.54. The molecule has 0 radical (unpaired) electrons. The normalized spacial score (nSPS) is 11.9.